The monoisotopic (exact) mass is 532 g/mol. The van der Waals surface area contributed by atoms with Crippen LogP contribution < -0.4 is 0 Å². The van der Waals surface area contributed by atoms with Crippen LogP contribution in [0.4, 0.5) is 0 Å². The van der Waals surface area contributed by atoms with Gasteiger partial charge in [-0.3, -0.25) is 14.4 Å². The van der Waals surface area contributed by atoms with Crippen molar-refractivity contribution in [2.24, 2.45) is 22.7 Å². The quantitative estimate of drug-likeness (QED) is 0.418. The molecule has 0 radical (unpaired) electrons. The third-order valence-corrected chi connectivity index (χ3v) is 9.67. The minimum atomic E-state index is -1.57. The lowest BCUT2D eigenvalue weighted by atomic mass is 9.51. The zero-order valence-electron chi connectivity index (χ0n) is 23.0. The van der Waals surface area contributed by atoms with Crippen LogP contribution in [0.1, 0.15) is 70.2 Å². The normalized spacial score (nSPS) is 34.9. The van der Waals surface area contributed by atoms with Gasteiger partial charge in [-0.25, -0.2) is 4.79 Å². The number of Topliss-reactive ketones (excluding diaryl/α,β-unsaturated/α-hetero) is 1. The molecule has 7 nitrogen and oxygen atoms in total. The summed E-state index contributed by atoms with van der Waals surface area (Å²) in [6, 6.07) is 8.52. The molecule has 1 saturated carbocycles. The number of ether oxygens (including phenoxy) is 2. The van der Waals surface area contributed by atoms with Crippen molar-refractivity contribution in [2.45, 2.75) is 71.5 Å². The molecule has 0 aromatic heterocycles. The van der Waals surface area contributed by atoms with E-state index in [0.717, 1.165) is 16.7 Å². The summed E-state index contributed by atoms with van der Waals surface area (Å²) in [7, 11) is 0. The molecule has 1 aromatic rings. The number of hydrogen-bond donors (Lipinski definition) is 1. The Labute approximate surface area is 228 Å². The number of esters is 2. The topological polar surface area (TPSA) is 107 Å². The third kappa shape index (κ3) is 4.13. The van der Waals surface area contributed by atoms with E-state index in [1.165, 1.54) is 0 Å². The second-order valence-electron chi connectivity index (χ2n) is 11.8. The first-order chi connectivity index (χ1) is 18.5. The molecule has 7 heteroatoms. The molecular weight excluding hydrogens is 496 g/mol. The fraction of sp³-hybridized carbons (Fsp3) is 0.500. The van der Waals surface area contributed by atoms with Gasteiger partial charge in [-0.2, -0.15) is 0 Å². The molecule has 0 saturated heterocycles. The number of carbonyl (C=O) groups is 4. The first-order valence-electron chi connectivity index (χ1n) is 13.8. The number of aliphatic hydroxyl groups excluding tert-OH is 1. The highest BCUT2D eigenvalue weighted by atomic mass is 16.6. The van der Waals surface area contributed by atoms with Crippen LogP contribution in [-0.2, 0) is 23.9 Å². The van der Waals surface area contributed by atoms with E-state index in [2.05, 4.69) is 6.92 Å². The Morgan fingerprint density at radius 1 is 1.13 bits per heavy atom. The number of ketones is 2. The molecule has 5 rings (SSSR count). The Morgan fingerprint density at radius 2 is 1.85 bits per heavy atom. The summed E-state index contributed by atoms with van der Waals surface area (Å²) >= 11 is 0. The van der Waals surface area contributed by atoms with E-state index in [1.54, 1.807) is 49.4 Å². The summed E-state index contributed by atoms with van der Waals surface area (Å²) in [5.74, 6) is -1.70. The molecule has 0 amide bonds. The lowest BCUT2D eigenvalue weighted by Crippen LogP contribution is -2.59. The van der Waals surface area contributed by atoms with E-state index in [0.29, 0.717) is 18.4 Å². The Hall–Kier alpha value is -3.32. The van der Waals surface area contributed by atoms with Crippen molar-refractivity contribution in [1.82, 2.24) is 0 Å². The van der Waals surface area contributed by atoms with Crippen LogP contribution in [0.5, 0.6) is 0 Å². The standard InChI is InChI=1S/C32H36O7/c1-5-27(36)38-18-26(35)32(39-29(37)20-9-7-6-8-10-20)14-12-23-22-15-19(2)24-16-21(33)11-13-30(24,3)28(22)25(34)17-31(23,32)4/h6-11,13,16,19,23,25,34H,5,12,14-15,17-18H2,1-4H3/t19-,23-,25-,30-,31-,32-/m0/s1. The van der Waals surface area contributed by atoms with Crippen LogP contribution in [0.15, 0.2) is 65.3 Å². The smallest absolute Gasteiger partial charge is 0.339 e. The molecule has 4 aliphatic rings. The van der Waals surface area contributed by atoms with E-state index < -0.39 is 46.9 Å². The van der Waals surface area contributed by atoms with Gasteiger partial charge in [0, 0.05) is 17.3 Å². The number of rotatable bonds is 6. The van der Waals surface area contributed by atoms with Crippen LogP contribution in [0, 0.1) is 22.7 Å². The highest BCUT2D eigenvalue weighted by molar-refractivity contribution is 6.01. The molecule has 0 spiro atoms. The number of carbonyl (C=O) groups excluding carboxylic acids is 4. The highest BCUT2D eigenvalue weighted by Gasteiger charge is 2.68. The molecule has 0 heterocycles. The van der Waals surface area contributed by atoms with Gasteiger partial charge in [-0.15, -0.1) is 0 Å². The van der Waals surface area contributed by atoms with Crippen LogP contribution in [0.25, 0.3) is 0 Å². The highest BCUT2D eigenvalue weighted by Crippen LogP contribution is 2.66. The lowest BCUT2D eigenvalue weighted by molar-refractivity contribution is -0.165. The molecule has 6 atom stereocenters. The van der Waals surface area contributed by atoms with E-state index in [4.69, 9.17) is 9.47 Å². The van der Waals surface area contributed by atoms with Gasteiger partial charge in [0.15, 0.2) is 18.0 Å². The second kappa shape index (κ2) is 9.70. The average Bonchev–Trinajstić information content (AvgIpc) is 3.20. The minimum absolute atomic E-state index is 0.0477. The summed E-state index contributed by atoms with van der Waals surface area (Å²) in [5.41, 5.74) is 0.219. The predicted molar refractivity (Wildman–Crippen MR) is 143 cm³/mol. The van der Waals surface area contributed by atoms with Gasteiger partial charge in [0.2, 0.25) is 5.78 Å². The SMILES string of the molecule is CCC(=O)OCC(=O)[C@@]1(OC(=O)c2ccccc2)CC[C@H]2C3=C([C@@H](O)C[C@@]21C)[C@@]1(C)C=CC(=O)C=C1[C@@H](C)C3. The minimum Gasteiger partial charge on any atom is -0.457 e. The molecule has 0 bridgehead atoms. The van der Waals surface area contributed by atoms with Gasteiger partial charge in [-0.05, 0) is 79.9 Å². The third-order valence-electron chi connectivity index (χ3n) is 9.67. The fourth-order valence-electron chi connectivity index (χ4n) is 7.81. The molecule has 206 valence electrons. The Morgan fingerprint density at radius 3 is 2.54 bits per heavy atom. The van der Waals surface area contributed by atoms with Crippen molar-refractivity contribution in [1.29, 1.82) is 0 Å². The number of aliphatic hydroxyl groups is 1. The summed E-state index contributed by atoms with van der Waals surface area (Å²) in [5, 5.41) is 11.8. The maximum atomic E-state index is 14.0. The second-order valence-corrected chi connectivity index (χ2v) is 11.8. The van der Waals surface area contributed by atoms with Crippen molar-refractivity contribution in [3.05, 3.63) is 70.8 Å². The van der Waals surface area contributed by atoms with Crippen LogP contribution in [0.2, 0.25) is 0 Å². The Bertz CT molecular complexity index is 1320. The van der Waals surface area contributed by atoms with Crippen LogP contribution in [-0.4, -0.2) is 46.9 Å². The van der Waals surface area contributed by atoms with Gasteiger partial charge in [0.1, 0.15) is 0 Å². The maximum absolute atomic E-state index is 14.0. The molecule has 0 aliphatic heterocycles. The number of allylic oxidation sites excluding steroid dienone is 5. The summed E-state index contributed by atoms with van der Waals surface area (Å²) in [6.07, 6.45) is 6.08. The van der Waals surface area contributed by atoms with Gasteiger partial charge in [0.25, 0.3) is 0 Å². The average molecular weight is 533 g/mol. The van der Waals surface area contributed by atoms with Crippen molar-refractivity contribution < 1.29 is 33.8 Å². The Balaban J connectivity index is 1.59. The predicted octanol–water partition coefficient (Wildman–Crippen LogP) is 4.69. The lowest BCUT2D eigenvalue weighted by Gasteiger charge is -2.55. The first-order valence-corrected chi connectivity index (χ1v) is 13.8. The zero-order valence-corrected chi connectivity index (χ0v) is 23.0. The molecule has 1 N–H and O–H groups in total. The van der Waals surface area contributed by atoms with Crippen molar-refractivity contribution >= 4 is 23.5 Å². The van der Waals surface area contributed by atoms with Crippen LogP contribution in [0.3, 0.4) is 0 Å². The van der Waals surface area contributed by atoms with E-state index in [9.17, 15) is 24.3 Å². The van der Waals surface area contributed by atoms with Crippen molar-refractivity contribution in [3.8, 4) is 0 Å². The van der Waals surface area contributed by atoms with E-state index >= 15 is 0 Å². The molecule has 1 aromatic carbocycles. The van der Waals surface area contributed by atoms with Crippen molar-refractivity contribution in [2.75, 3.05) is 6.61 Å². The first kappa shape index (κ1) is 27.3. The van der Waals surface area contributed by atoms with Gasteiger partial charge < -0.3 is 14.6 Å². The summed E-state index contributed by atoms with van der Waals surface area (Å²) in [4.78, 5) is 51.5. The fourth-order valence-corrected chi connectivity index (χ4v) is 7.81. The van der Waals surface area contributed by atoms with E-state index in [1.807, 2.05) is 19.9 Å². The summed E-state index contributed by atoms with van der Waals surface area (Å²) in [6.45, 7) is 7.22. The molecular formula is C32H36O7. The molecule has 0 unspecified atom stereocenters. The molecule has 4 aliphatic carbocycles. The molecule has 39 heavy (non-hydrogen) atoms. The largest absolute Gasteiger partial charge is 0.457 e. The van der Waals surface area contributed by atoms with Crippen molar-refractivity contribution in [3.63, 3.8) is 0 Å². The van der Waals surface area contributed by atoms with Gasteiger partial charge in [-0.1, -0.05) is 50.6 Å². The number of benzene rings is 1. The van der Waals surface area contributed by atoms with Gasteiger partial charge in [0.05, 0.1) is 11.7 Å². The molecule has 1 fully saturated rings. The Kier molecular flexibility index (Phi) is 6.78. The maximum Gasteiger partial charge on any atom is 0.339 e. The number of hydrogen-bond acceptors (Lipinski definition) is 7. The zero-order chi connectivity index (χ0) is 28.2. The van der Waals surface area contributed by atoms with Crippen LogP contribution >= 0.6 is 0 Å². The van der Waals surface area contributed by atoms with E-state index in [-0.39, 0.29) is 36.9 Å². The number of fused-ring (bicyclic) bond motifs is 4. The summed E-state index contributed by atoms with van der Waals surface area (Å²) < 4.78 is 11.4. The van der Waals surface area contributed by atoms with Gasteiger partial charge >= 0.3 is 11.9 Å².